The molecule has 3 heteroatoms. The molecule has 0 aromatic carbocycles. The van der Waals surface area contributed by atoms with Crippen molar-refractivity contribution < 1.29 is 14.6 Å². The highest BCUT2D eigenvalue weighted by atomic mass is 16.6. The molecule has 1 radical (unpaired) electrons. The summed E-state index contributed by atoms with van der Waals surface area (Å²) in [5.74, 6) is -0.627. The normalized spacial score (nSPS) is 12.3. The zero-order valence-corrected chi connectivity index (χ0v) is 5.26. The Bertz CT molecular complexity index is 126. The Morgan fingerprint density at radius 2 is 2.22 bits per heavy atom. The summed E-state index contributed by atoms with van der Waals surface area (Å²) in [7, 11) is 0. The van der Waals surface area contributed by atoms with Crippen LogP contribution in [-0.2, 0) is 9.53 Å². The van der Waals surface area contributed by atoms with Crippen LogP contribution in [0.4, 0.5) is 0 Å². The largest absolute Gasteiger partial charge is 0.433 e. The molecular formula is C6H9O3. The van der Waals surface area contributed by atoms with E-state index in [1.807, 2.05) is 0 Å². The molecule has 0 bridgehead atoms. The number of rotatable bonds is 2. The Hall–Kier alpha value is -0.830. The fourth-order valence-corrected chi connectivity index (χ4v) is 0.224. The molecule has 1 N–H and O–H groups in total. The molecule has 0 aliphatic rings. The molecule has 0 aliphatic heterocycles. The van der Waals surface area contributed by atoms with E-state index < -0.39 is 12.3 Å². The van der Waals surface area contributed by atoms with Crippen LogP contribution in [0.3, 0.4) is 0 Å². The quantitative estimate of drug-likeness (QED) is 0.330. The lowest BCUT2D eigenvalue weighted by Crippen LogP contribution is -2.14. The molecule has 0 rings (SSSR count). The summed E-state index contributed by atoms with van der Waals surface area (Å²) < 4.78 is 4.22. The van der Waals surface area contributed by atoms with Gasteiger partial charge in [0.05, 0.1) is 0 Å². The fourth-order valence-electron chi connectivity index (χ4n) is 0.224. The lowest BCUT2D eigenvalue weighted by Gasteiger charge is -2.04. The Balaban J connectivity index is 3.65. The maximum atomic E-state index is 10.4. The van der Waals surface area contributed by atoms with E-state index in [9.17, 15) is 4.79 Å². The number of hydrogen-bond acceptors (Lipinski definition) is 3. The fraction of sp³-hybridized carbons (Fsp3) is 0.333. The maximum Gasteiger partial charge on any atom is 0.335 e. The highest BCUT2D eigenvalue weighted by molar-refractivity contribution is 5.86. The summed E-state index contributed by atoms with van der Waals surface area (Å²) in [6, 6.07) is 0. The van der Waals surface area contributed by atoms with Crippen molar-refractivity contribution in [2.24, 2.45) is 0 Å². The van der Waals surface area contributed by atoms with Crippen molar-refractivity contribution in [3.05, 3.63) is 19.1 Å². The van der Waals surface area contributed by atoms with Crippen molar-refractivity contribution in [3.8, 4) is 0 Å². The maximum absolute atomic E-state index is 10.4. The highest BCUT2D eigenvalue weighted by Crippen LogP contribution is 1.93. The lowest BCUT2D eigenvalue weighted by atomic mass is 10.4. The molecule has 0 saturated carbocycles. The van der Waals surface area contributed by atoms with E-state index in [0.29, 0.717) is 0 Å². The van der Waals surface area contributed by atoms with Gasteiger partial charge >= 0.3 is 5.97 Å². The van der Waals surface area contributed by atoms with Crippen molar-refractivity contribution in [1.82, 2.24) is 0 Å². The van der Waals surface area contributed by atoms with Gasteiger partial charge in [0, 0.05) is 12.5 Å². The van der Waals surface area contributed by atoms with Crippen molar-refractivity contribution in [2.75, 3.05) is 0 Å². The first-order valence-corrected chi connectivity index (χ1v) is 2.41. The molecular weight excluding hydrogens is 120 g/mol. The number of carbonyl (C=O) groups is 1. The summed E-state index contributed by atoms with van der Waals surface area (Å²) in [5.41, 5.74) is 0.248. The Kier molecular flexibility index (Phi) is 2.95. The molecule has 1 atom stereocenters. The molecule has 0 saturated heterocycles. The average Bonchev–Trinajstić information content (AvgIpc) is 1.63. The molecule has 1 unspecified atom stereocenters. The van der Waals surface area contributed by atoms with Gasteiger partial charge < -0.3 is 9.84 Å². The van der Waals surface area contributed by atoms with Gasteiger partial charge in [-0.15, -0.1) is 0 Å². The van der Waals surface area contributed by atoms with E-state index in [1.54, 1.807) is 0 Å². The van der Waals surface area contributed by atoms with Gasteiger partial charge in [0.25, 0.3) is 0 Å². The Labute approximate surface area is 53.9 Å². The second-order valence-electron chi connectivity index (χ2n) is 1.64. The molecule has 0 aromatic heterocycles. The summed E-state index contributed by atoms with van der Waals surface area (Å²) in [6.45, 7) is 7.82. The standard InChI is InChI=1S/C6H9O3/c1-4(2)6(8)9-5(3)7/h5,7H,1,3H2,2H3. The molecule has 0 spiro atoms. The van der Waals surface area contributed by atoms with Crippen LogP contribution >= 0.6 is 0 Å². The molecule has 51 valence electrons. The van der Waals surface area contributed by atoms with Crippen molar-refractivity contribution >= 4 is 5.97 Å². The first kappa shape index (κ1) is 8.17. The van der Waals surface area contributed by atoms with E-state index >= 15 is 0 Å². The predicted molar refractivity (Wildman–Crippen MR) is 32.3 cm³/mol. The number of carbonyl (C=O) groups excluding carboxylic acids is 1. The molecule has 0 heterocycles. The minimum Gasteiger partial charge on any atom is -0.433 e. The van der Waals surface area contributed by atoms with E-state index in [0.717, 1.165) is 0 Å². The van der Waals surface area contributed by atoms with Crippen molar-refractivity contribution in [2.45, 2.75) is 13.2 Å². The third-order valence-electron chi connectivity index (χ3n) is 0.592. The van der Waals surface area contributed by atoms with Gasteiger partial charge in [-0.1, -0.05) is 6.58 Å². The SMILES string of the molecule is [CH2]C(O)OC(=O)C(=C)C. The van der Waals surface area contributed by atoms with Crippen LogP contribution in [0, 0.1) is 6.92 Å². The minimum atomic E-state index is -1.30. The van der Waals surface area contributed by atoms with Crippen LogP contribution in [0.25, 0.3) is 0 Å². The average molecular weight is 129 g/mol. The second-order valence-corrected chi connectivity index (χ2v) is 1.64. The van der Waals surface area contributed by atoms with Gasteiger partial charge in [-0.25, -0.2) is 4.79 Å². The number of hydrogen-bond donors (Lipinski definition) is 1. The smallest absolute Gasteiger partial charge is 0.335 e. The van der Waals surface area contributed by atoms with Crippen LogP contribution in [0.1, 0.15) is 6.92 Å². The Morgan fingerprint density at radius 1 is 1.78 bits per heavy atom. The van der Waals surface area contributed by atoms with Crippen LogP contribution < -0.4 is 0 Å². The van der Waals surface area contributed by atoms with E-state index in [4.69, 9.17) is 5.11 Å². The van der Waals surface area contributed by atoms with Crippen molar-refractivity contribution in [1.29, 1.82) is 0 Å². The van der Waals surface area contributed by atoms with Crippen LogP contribution in [-0.4, -0.2) is 17.4 Å². The van der Waals surface area contributed by atoms with Crippen LogP contribution in [0.15, 0.2) is 12.2 Å². The third-order valence-corrected chi connectivity index (χ3v) is 0.592. The molecule has 0 aromatic rings. The summed E-state index contributed by atoms with van der Waals surface area (Å²) in [5, 5.41) is 8.38. The topological polar surface area (TPSA) is 46.5 Å². The van der Waals surface area contributed by atoms with Crippen LogP contribution in [0.5, 0.6) is 0 Å². The zero-order chi connectivity index (χ0) is 7.44. The molecule has 3 nitrogen and oxygen atoms in total. The number of aliphatic hydroxyl groups is 1. The second kappa shape index (κ2) is 3.25. The number of esters is 1. The highest BCUT2D eigenvalue weighted by Gasteiger charge is 2.04. The van der Waals surface area contributed by atoms with E-state index in [1.165, 1.54) is 6.92 Å². The van der Waals surface area contributed by atoms with E-state index in [-0.39, 0.29) is 5.57 Å². The molecule has 0 aliphatic carbocycles. The zero-order valence-electron chi connectivity index (χ0n) is 5.26. The molecule has 9 heavy (non-hydrogen) atoms. The lowest BCUT2D eigenvalue weighted by molar-refractivity contribution is -0.156. The first-order valence-electron chi connectivity index (χ1n) is 2.41. The first-order chi connectivity index (χ1) is 4.04. The molecule has 0 fully saturated rings. The minimum absolute atomic E-state index is 0.248. The number of aliphatic hydroxyl groups excluding tert-OH is 1. The van der Waals surface area contributed by atoms with Gasteiger partial charge in [0.15, 0.2) is 0 Å². The monoisotopic (exact) mass is 129 g/mol. The van der Waals surface area contributed by atoms with Gasteiger partial charge in [0.2, 0.25) is 6.29 Å². The van der Waals surface area contributed by atoms with E-state index in [2.05, 4.69) is 18.2 Å². The summed E-state index contributed by atoms with van der Waals surface area (Å²) in [6.07, 6.45) is -1.30. The summed E-state index contributed by atoms with van der Waals surface area (Å²) in [4.78, 5) is 10.4. The van der Waals surface area contributed by atoms with Gasteiger partial charge in [0.1, 0.15) is 0 Å². The van der Waals surface area contributed by atoms with Crippen molar-refractivity contribution in [3.63, 3.8) is 0 Å². The Morgan fingerprint density at radius 3 is 2.33 bits per heavy atom. The number of ether oxygens (including phenoxy) is 1. The summed E-state index contributed by atoms with van der Waals surface area (Å²) >= 11 is 0. The van der Waals surface area contributed by atoms with Gasteiger partial charge in [-0.3, -0.25) is 0 Å². The van der Waals surface area contributed by atoms with Gasteiger partial charge in [-0.2, -0.15) is 0 Å². The predicted octanol–water partition coefficient (Wildman–Crippen LogP) is 0.258. The third kappa shape index (κ3) is 3.73. The van der Waals surface area contributed by atoms with Crippen LogP contribution in [0.2, 0.25) is 0 Å². The molecule has 0 amide bonds. The van der Waals surface area contributed by atoms with Gasteiger partial charge in [-0.05, 0) is 6.92 Å².